The van der Waals surface area contributed by atoms with Crippen LogP contribution in [-0.4, -0.2) is 29.6 Å². The van der Waals surface area contributed by atoms with Gasteiger partial charge in [0.1, 0.15) is 0 Å². The Bertz CT molecular complexity index is 446. The molecule has 1 amide bonds. The van der Waals surface area contributed by atoms with Gasteiger partial charge in [-0.25, -0.2) is 0 Å². The molecule has 1 unspecified atom stereocenters. The van der Waals surface area contributed by atoms with Crippen LogP contribution in [0.25, 0.3) is 0 Å². The van der Waals surface area contributed by atoms with Crippen molar-refractivity contribution in [1.29, 1.82) is 0 Å². The van der Waals surface area contributed by atoms with Crippen LogP contribution in [0.3, 0.4) is 0 Å². The largest absolute Gasteiger partial charge is 0.342 e. The lowest BCUT2D eigenvalue weighted by molar-refractivity contribution is -0.130. The lowest BCUT2D eigenvalue weighted by atomic mass is 10.0. The molecule has 2 nitrogen and oxygen atoms in total. The van der Waals surface area contributed by atoms with E-state index in [1.807, 2.05) is 11.8 Å². The second-order valence-corrected chi connectivity index (χ2v) is 6.26. The molecule has 0 spiro atoms. The van der Waals surface area contributed by atoms with E-state index in [1.165, 1.54) is 23.3 Å². The molecule has 0 saturated carbocycles. The quantitative estimate of drug-likeness (QED) is 0.814. The molecule has 2 aliphatic heterocycles. The van der Waals surface area contributed by atoms with Crippen LogP contribution in [0.15, 0.2) is 29.2 Å². The molecule has 0 bridgehead atoms. The summed E-state index contributed by atoms with van der Waals surface area (Å²) in [5.74, 6) is 2.03. The van der Waals surface area contributed by atoms with E-state index >= 15 is 0 Å². The Balaban J connectivity index is 1.72. The van der Waals surface area contributed by atoms with Crippen molar-refractivity contribution in [3.05, 3.63) is 29.8 Å². The van der Waals surface area contributed by atoms with Crippen molar-refractivity contribution < 1.29 is 4.79 Å². The second kappa shape index (κ2) is 5.35. The molecule has 0 aliphatic carbocycles. The SMILES string of the molecule is O=C1CCCCCN1CC1CSc2ccccc21. The number of nitrogens with zero attached hydrogens (tertiary/aromatic N) is 1. The number of carbonyl (C=O) groups excluding carboxylic acids is 1. The summed E-state index contributed by atoms with van der Waals surface area (Å²) in [6.45, 7) is 1.88. The number of hydrogen-bond donors (Lipinski definition) is 0. The lowest BCUT2D eigenvalue weighted by Gasteiger charge is -2.24. The summed E-state index contributed by atoms with van der Waals surface area (Å²) < 4.78 is 0. The summed E-state index contributed by atoms with van der Waals surface area (Å²) in [7, 11) is 0. The third-order valence-electron chi connectivity index (χ3n) is 3.91. The molecule has 0 N–H and O–H groups in total. The maximum absolute atomic E-state index is 12.0. The molecule has 1 aromatic rings. The van der Waals surface area contributed by atoms with E-state index in [1.54, 1.807) is 0 Å². The number of likely N-dealkylation sites (tertiary alicyclic amines) is 1. The zero-order valence-corrected chi connectivity index (χ0v) is 11.4. The molecule has 1 atom stereocenters. The summed E-state index contributed by atoms with van der Waals surface area (Å²) in [5.41, 5.74) is 1.44. The van der Waals surface area contributed by atoms with E-state index in [9.17, 15) is 4.79 Å². The van der Waals surface area contributed by atoms with Crippen molar-refractivity contribution in [3.63, 3.8) is 0 Å². The first-order chi connectivity index (χ1) is 8.84. The molecule has 1 fully saturated rings. The average Bonchev–Trinajstić information content (AvgIpc) is 2.69. The van der Waals surface area contributed by atoms with E-state index in [0.717, 1.165) is 31.7 Å². The second-order valence-electron chi connectivity index (χ2n) is 5.20. The smallest absolute Gasteiger partial charge is 0.222 e. The van der Waals surface area contributed by atoms with Crippen LogP contribution < -0.4 is 0 Å². The predicted molar refractivity (Wildman–Crippen MR) is 75.0 cm³/mol. The van der Waals surface area contributed by atoms with Crippen molar-refractivity contribution in [2.45, 2.75) is 36.5 Å². The van der Waals surface area contributed by atoms with Crippen LogP contribution in [0.5, 0.6) is 0 Å². The van der Waals surface area contributed by atoms with Crippen LogP contribution in [0.2, 0.25) is 0 Å². The fraction of sp³-hybridized carbons (Fsp3) is 0.533. The van der Waals surface area contributed by atoms with Crippen molar-refractivity contribution >= 4 is 17.7 Å². The van der Waals surface area contributed by atoms with Gasteiger partial charge >= 0.3 is 0 Å². The standard InChI is InChI=1S/C15H19NOS/c17-15-8-2-1-5-9-16(15)10-12-11-18-14-7-4-3-6-13(12)14/h3-4,6-7,12H,1-2,5,8-11H2. The van der Waals surface area contributed by atoms with Crippen LogP contribution in [0.1, 0.15) is 37.2 Å². The van der Waals surface area contributed by atoms with Gasteiger partial charge < -0.3 is 4.90 Å². The Hall–Kier alpha value is -0.960. The van der Waals surface area contributed by atoms with Gasteiger partial charge in [0.05, 0.1) is 0 Å². The Labute approximate surface area is 113 Å². The first kappa shape index (κ1) is 12.1. The number of thioether (sulfide) groups is 1. The summed E-state index contributed by atoms with van der Waals surface area (Å²) in [5, 5.41) is 0. The van der Waals surface area contributed by atoms with Gasteiger partial charge in [-0.1, -0.05) is 24.6 Å². The van der Waals surface area contributed by atoms with E-state index in [4.69, 9.17) is 0 Å². The topological polar surface area (TPSA) is 20.3 Å². The number of carbonyl (C=O) groups is 1. The molecule has 0 aromatic heterocycles. The highest BCUT2D eigenvalue weighted by molar-refractivity contribution is 7.99. The normalized spacial score (nSPS) is 23.9. The van der Waals surface area contributed by atoms with Gasteiger partial charge in [0.15, 0.2) is 0 Å². The highest BCUT2D eigenvalue weighted by atomic mass is 32.2. The zero-order valence-electron chi connectivity index (χ0n) is 10.6. The summed E-state index contributed by atoms with van der Waals surface area (Å²) >= 11 is 1.93. The molecule has 18 heavy (non-hydrogen) atoms. The molecule has 1 saturated heterocycles. The fourth-order valence-corrected chi connectivity index (χ4v) is 4.12. The minimum absolute atomic E-state index is 0.363. The molecular weight excluding hydrogens is 242 g/mol. The van der Waals surface area contributed by atoms with Crippen molar-refractivity contribution in [3.8, 4) is 0 Å². The van der Waals surface area contributed by atoms with Gasteiger partial charge in [0, 0.05) is 36.1 Å². The molecule has 96 valence electrons. The number of amides is 1. The molecule has 0 radical (unpaired) electrons. The number of rotatable bonds is 2. The monoisotopic (exact) mass is 261 g/mol. The predicted octanol–water partition coefficient (Wildman–Crippen LogP) is 3.28. The van der Waals surface area contributed by atoms with Gasteiger partial charge in [0.2, 0.25) is 5.91 Å². The summed E-state index contributed by atoms with van der Waals surface area (Å²) in [6, 6.07) is 8.64. The third-order valence-corrected chi connectivity index (χ3v) is 5.16. The molecule has 2 aliphatic rings. The van der Waals surface area contributed by atoms with Crippen molar-refractivity contribution in [2.75, 3.05) is 18.8 Å². The van der Waals surface area contributed by atoms with E-state index in [0.29, 0.717) is 11.8 Å². The Kier molecular flexibility index (Phi) is 3.59. The number of benzene rings is 1. The van der Waals surface area contributed by atoms with Gasteiger partial charge in [-0.15, -0.1) is 11.8 Å². The zero-order chi connectivity index (χ0) is 12.4. The van der Waals surface area contributed by atoms with E-state index in [-0.39, 0.29) is 0 Å². The number of fused-ring (bicyclic) bond motifs is 1. The third kappa shape index (κ3) is 2.41. The number of hydrogen-bond acceptors (Lipinski definition) is 2. The lowest BCUT2D eigenvalue weighted by Crippen LogP contribution is -2.34. The molecular formula is C15H19NOS. The van der Waals surface area contributed by atoms with Gasteiger partial charge in [-0.05, 0) is 24.5 Å². The van der Waals surface area contributed by atoms with Crippen LogP contribution in [-0.2, 0) is 4.79 Å². The van der Waals surface area contributed by atoms with Crippen LogP contribution in [0, 0.1) is 0 Å². The van der Waals surface area contributed by atoms with Crippen molar-refractivity contribution in [1.82, 2.24) is 4.90 Å². The highest BCUT2D eigenvalue weighted by Gasteiger charge is 2.27. The minimum Gasteiger partial charge on any atom is -0.342 e. The first-order valence-corrected chi connectivity index (χ1v) is 7.82. The molecule has 3 rings (SSSR count). The first-order valence-electron chi connectivity index (χ1n) is 6.84. The van der Waals surface area contributed by atoms with Gasteiger partial charge in [0.25, 0.3) is 0 Å². The summed E-state index contributed by atoms with van der Waals surface area (Å²) in [4.78, 5) is 15.5. The molecule has 2 heterocycles. The Morgan fingerprint density at radius 3 is 3.06 bits per heavy atom. The minimum atomic E-state index is 0.363. The summed E-state index contributed by atoms with van der Waals surface area (Å²) in [6.07, 6.45) is 4.21. The molecule has 3 heteroatoms. The maximum atomic E-state index is 12.0. The van der Waals surface area contributed by atoms with Crippen molar-refractivity contribution in [2.24, 2.45) is 0 Å². The Morgan fingerprint density at radius 2 is 2.11 bits per heavy atom. The van der Waals surface area contributed by atoms with E-state index in [2.05, 4.69) is 29.2 Å². The molecule has 1 aromatic carbocycles. The highest BCUT2D eigenvalue weighted by Crippen LogP contribution is 2.39. The van der Waals surface area contributed by atoms with Crippen LogP contribution in [0.4, 0.5) is 0 Å². The Morgan fingerprint density at radius 1 is 1.22 bits per heavy atom. The van der Waals surface area contributed by atoms with Crippen LogP contribution >= 0.6 is 11.8 Å². The van der Waals surface area contributed by atoms with E-state index < -0.39 is 0 Å². The average molecular weight is 261 g/mol. The maximum Gasteiger partial charge on any atom is 0.222 e. The van der Waals surface area contributed by atoms with Gasteiger partial charge in [-0.2, -0.15) is 0 Å². The van der Waals surface area contributed by atoms with Gasteiger partial charge in [-0.3, -0.25) is 4.79 Å². The fourth-order valence-electron chi connectivity index (χ4n) is 2.88.